The van der Waals surface area contributed by atoms with Gasteiger partial charge in [0.25, 0.3) is 0 Å². The van der Waals surface area contributed by atoms with Crippen LogP contribution in [0.1, 0.15) is 37.7 Å². The molecule has 3 fully saturated rings. The number of carbonyl (C=O) groups is 2. The van der Waals surface area contributed by atoms with Crippen molar-refractivity contribution in [3.63, 3.8) is 0 Å². The van der Waals surface area contributed by atoms with Crippen molar-refractivity contribution in [1.82, 2.24) is 10.2 Å². The van der Waals surface area contributed by atoms with Gasteiger partial charge < -0.3 is 19.7 Å². The predicted octanol–water partition coefficient (Wildman–Crippen LogP) is 3.95. The number of carbonyl (C=O) groups excluding carboxylic acids is 2. The fourth-order valence-electron chi connectivity index (χ4n) is 5.73. The van der Waals surface area contributed by atoms with E-state index in [1.807, 2.05) is 18.2 Å². The standard InChI is InChI=1S/C29H29ClF3N3O6S/c30-22-14-20(42-18-29(31,32)33)6-7-24(22)43(39,40)21-15-23(25(37)35-27(17-34)8-9-27)36(16-21)26(38)28(10-12-41-13-11-28)19-4-2-1-3-5-19/h1-7,14,21,23H,8-13,15-16,18H2,(H,35,37). The minimum Gasteiger partial charge on any atom is -0.484 e. The number of likely N-dealkylation sites (tertiary alicyclic amines) is 1. The number of ether oxygens (including phenoxy) is 2. The highest BCUT2D eigenvalue weighted by molar-refractivity contribution is 7.92. The first-order valence-electron chi connectivity index (χ1n) is 13.7. The maximum Gasteiger partial charge on any atom is 0.422 e. The molecular formula is C29H29ClF3N3O6S. The second kappa shape index (κ2) is 11.6. The molecule has 1 saturated carbocycles. The van der Waals surface area contributed by atoms with Crippen LogP contribution in [0.2, 0.25) is 5.02 Å². The highest BCUT2D eigenvalue weighted by Crippen LogP contribution is 2.42. The molecule has 2 saturated heterocycles. The van der Waals surface area contributed by atoms with Crippen molar-refractivity contribution in [2.45, 2.75) is 65.4 Å². The third-order valence-electron chi connectivity index (χ3n) is 8.29. The van der Waals surface area contributed by atoms with E-state index in [0.717, 1.165) is 23.8 Å². The van der Waals surface area contributed by atoms with Crippen molar-refractivity contribution in [3.05, 3.63) is 59.1 Å². The molecule has 0 radical (unpaired) electrons. The lowest BCUT2D eigenvalue weighted by Gasteiger charge is -2.40. The molecule has 2 unspecified atom stereocenters. The zero-order valence-electron chi connectivity index (χ0n) is 22.9. The fourth-order valence-corrected chi connectivity index (χ4v) is 7.96. The van der Waals surface area contributed by atoms with Gasteiger partial charge in [0, 0.05) is 25.8 Å². The van der Waals surface area contributed by atoms with Crippen LogP contribution in [0.5, 0.6) is 5.75 Å². The Balaban J connectivity index is 1.47. The molecule has 2 amide bonds. The summed E-state index contributed by atoms with van der Waals surface area (Å²) in [6.07, 6.45) is -3.32. The van der Waals surface area contributed by atoms with Crippen LogP contribution in [-0.4, -0.2) is 74.5 Å². The highest BCUT2D eigenvalue weighted by Gasteiger charge is 2.54. The molecule has 0 aromatic heterocycles. The molecule has 2 aliphatic heterocycles. The molecule has 1 N–H and O–H groups in total. The lowest BCUT2D eigenvalue weighted by atomic mass is 9.73. The number of hydrogen-bond acceptors (Lipinski definition) is 7. The first-order valence-corrected chi connectivity index (χ1v) is 15.6. The van der Waals surface area contributed by atoms with E-state index in [1.54, 1.807) is 12.1 Å². The number of sulfone groups is 1. The Kier molecular flexibility index (Phi) is 8.41. The Morgan fingerprint density at radius 3 is 2.37 bits per heavy atom. The summed E-state index contributed by atoms with van der Waals surface area (Å²) in [6, 6.07) is 13.1. The number of nitrogens with zero attached hydrogens (tertiary/aromatic N) is 2. The summed E-state index contributed by atoms with van der Waals surface area (Å²) in [4.78, 5) is 29.0. The van der Waals surface area contributed by atoms with Crippen LogP contribution in [0, 0.1) is 11.3 Å². The van der Waals surface area contributed by atoms with Gasteiger partial charge in [-0.2, -0.15) is 18.4 Å². The largest absolute Gasteiger partial charge is 0.484 e. The van der Waals surface area contributed by atoms with E-state index < -0.39 is 56.7 Å². The van der Waals surface area contributed by atoms with Gasteiger partial charge in [0.05, 0.1) is 26.7 Å². The second-order valence-corrected chi connectivity index (χ2v) is 13.7. The number of nitrogens with one attached hydrogen (secondary N) is 1. The summed E-state index contributed by atoms with van der Waals surface area (Å²) in [5, 5.41) is 10.6. The maximum absolute atomic E-state index is 14.5. The SMILES string of the molecule is N#CC1(NC(=O)C2CC(S(=O)(=O)c3ccc(OCC(F)(F)F)cc3Cl)CN2C(=O)C2(c3ccccc3)CCOCC2)CC1. The molecule has 1 aliphatic carbocycles. The van der Waals surface area contributed by atoms with Gasteiger partial charge in [-0.05, 0) is 49.8 Å². The lowest BCUT2D eigenvalue weighted by Crippen LogP contribution is -2.55. The predicted molar refractivity (Wildman–Crippen MR) is 148 cm³/mol. The number of halogens is 4. The second-order valence-electron chi connectivity index (χ2n) is 11.1. The van der Waals surface area contributed by atoms with E-state index in [2.05, 4.69) is 16.1 Å². The average Bonchev–Trinajstić information content (AvgIpc) is 3.60. The van der Waals surface area contributed by atoms with Crippen molar-refractivity contribution in [2.75, 3.05) is 26.4 Å². The molecule has 5 rings (SSSR count). The summed E-state index contributed by atoms with van der Waals surface area (Å²) < 4.78 is 75.7. The molecule has 2 atom stereocenters. The third-order valence-corrected chi connectivity index (χ3v) is 10.9. The van der Waals surface area contributed by atoms with E-state index in [-0.39, 0.29) is 28.6 Å². The number of alkyl halides is 3. The first-order chi connectivity index (χ1) is 20.3. The molecule has 0 spiro atoms. The van der Waals surface area contributed by atoms with Gasteiger partial charge in [-0.15, -0.1) is 0 Å². The van der Waals surface area contributed by atoms with Gasteiger partial charge >= 0.3 is 6.18 Å². The zero-order valence-corrected chi connectivity index (χ0v) is 24.5. The number of benzene rings is 2. The smallest absolute Gasteiger partial charge is 0.422 e. The topological polar surface area (TPSA) is 126 Å². The Bertz CT molecular complexity index is 1540. The Labute approximate surface area is 251 Å². The minimum absolute atomic E-state index is 0.258. The quantitative estimate of drug-likeness (QED) is 0.464. The highest BCUT2D eigenvalue weighted by atomic mass is 35.5. The molecule has 3 aliphatic rings. The van der Waals surface area contributed by atoms with Gasteiger partial charge in [0.15, 0.2) is 16.4 Å². The van der Waals surface area contributed by atoms with E-state index >= 15 is 0 Å². The summed E-state index contributed by atoms with van der Waals surface area (Å²) in [6.45, 7) is -1.31. The van der Waals surface area contributed by atoms with Crippen LogP contribution in [0.15, 0.2) is 53.4 Å². The van der Waals surface area contributed by atoms with Crippen molar-refractivity contribution in [1.29, 1.82) is 5.26 Å². The van der Waals surface area contributed by atoms with Crippen LogP contribution >= 0.6 is 11.6 Å². The van der Waals surface area contributed by atoms with Gasteiger partial charge in [0.1, 0.15) is 17.3 Å². The minimum atomic E-state index is -4.60. The number of hydrogen-bond donors (Lipinski definition) is 1. The summed E-state index contributed by atoms with van der Waals surface area (Å²) >= 11 is 6.23. The molecular weight excluding hydrogens is 611 g/mol. The van der Waals surface area contributed by atoms with Gasteiger partial charge in [-0.1, -0.05) is 41.9 Å². The fraction of sp³-hybridized carbons (Fsp3) is 0.483. The molecule has 43 heavy (non-hydrogen) atoms. The summed E-state index contributed by atoms with van der Waals surface area (Å²) in [7, 11) is -4.28. The summed E-state index contributed by atoms with van der Waals surface area (Å²) in [5.41, 5.74) is -1.38. The van der Waals surface area contributed by atoms with Crippen LogP contribution in [-0.2, 0) is 29.6 Å². The maximum atomic E-state index is 14.5. The molecule has 14 heteroatoms. The molecule has 9 nitrogen and oxygen atoms in total. The molecule has 2 heterocycles. The Morgan fingerprint density at radius 1 is 1.12 bits per heavy atom. The number of rotatable bonds is 8. The van der Waals surface area contributed by atoms with Gasteiger partial charge in [-0.3, -0.25) is 9.59 Å². The normalized spacial score (nSPS) is 22.8. The van der Waals surface area contributed by atoms with Crippen molar-refractivity contribution >= 4 is 33.3 Å². The van der Waals surface area contributed by atoms with Crippen molar-refractivity contribution in [2.24, 2.45) is 0 Å². The lowest BCUT2D eigenvalue weighted by molar-refractivity contribution is -0.153. The number of amides is 2. The zero-order chi connectivity index (χ0) is 31.0. The van der Waals surface area contributed by atoms with Crippen molar-refractivity contribution in [3.8, 4) is 11.8 Å². The Morgan fingerprint density at radius 2 is 1.79 bits per heavy atom. The van der Waals surface area contributed by atoms with Crippen molar-refractivity contribution < 1.29 is 40.7 Å². The van der Waals surface area contributed by atoms with E-state index in [0.29, 0.717) is 38.9 Å². The van der Waals surface area contributed by atoms with E-state index in [9.17, 15) is 36.4 Å². The summed E-state index contributed by atoms with van der Waals surface area (Å²) in [5.74, 6) is -1.30. The van der Waals surface area contributed by atoms with Gasteiger partial charge in [-0.25, -0.2) is 8.42 Å². The molecule has 0 bridgehead atoms. The van der Waals surface area contributed by atoms with Crippen LogP contribution in [0.3, 0.4) is 0 Å². The van der Waals surface area contributed by atoms with E-state index in [1.165, 1.54) is 4.90 Å². The first kappa shape index (κ1) is 31.1. The van der Waals surface area contributed by atoms with Crippen LogP contribution < -0.4 is 10.1 Å². The number of nitriles is 1. The molecule has 230 valence electrons. The van der Waals surface area contributed by atoms with Gasteiger partial charge in [0.2, 0.25) is 11.8 Å². The van der Waals surface area contributed by atoms with E-state index in [4.69, 9.17) is 16.3 Å². The Hall–Kier alpha value is -3.34. The third kappa shape index (κ3) is 6.32. The molecule has 2 aromatic rings. The molecule has 2 aromatic carbocycles. The average molecular weight is 640 g/mol. The van der Waals surface area contributed by atoms with Crippen LogP contribution in [0.4, 0.5) is 13.2 Å². The van der Waals surface area contributed by atoms with Crippen LogP contribution in [0.25, 0.3) is 0 Å². The monoisotopic (exact) mass is 639 g/mol.